The quantitative estimate of drug-likeness (QED) is 0.884. The number of hydrogen-bond acceptors (Lipinski definition) is 2. The average molecular weight is 332 g/mol. The zero-order valence-corrected chi connectivity index (χ0v) is 14.7. The van der Waals surface area contributed by atoms with E-state index in [2.05, 4.69) is 11.4 Å². The molecule has 0 unspecified atom stereocenters. The summed E-state index contributed by atoms with van der Waals surface area (Å²) in [6.45, 7) is 8.11. The highest BCUT2D eigenvalue weighted by Crippen LogP contribution is 2.26. The van der Waals surface area contributed by atoms with Crippen molar-refractivity contribution in [2.24, 2.45) is 0 Å². The number of nitrogens with one attached hydrogen (secondary N) is 1. The van der Waals surface area contributed by atoms with E-state index in [0.717, 1.165) is 21.7 Å². The van der Waals surface area contributed by atoms with Crippen LogP contribution in [-0.2, 0) is 11.3 Å². The highest BCUT2D eigenvalue weighted by molar-refractivity contribution is 6.32. The van der Waals surface area contributed by atoms with Gasteiger partial charge in [0.25, 0.3) is 5.91 Å². The Morgan fingerprint density at radius 1 is 1.17 bits per heavy atom. The highest BCUT2D eigenvalue weighted by Gasteiger charge is 2.15. The molecule has 1 N–H and O–H groups in total. The molecule has 0 saturated carbocycles. The Morgan fingerprint density at radius 2 is 1.83 bits per heavy atom. The van der Waals surface area contributed by atoms with Crippen LogP contribution in [0.4, 0.5) is 0 Å². The first-order chi connectivity index (χ1) is 10.9. The van der Waals surface area contributed by atoms with Gasteiger partial charge in [-0.3, -0.25) is 4.79 Å². The molecule has 2 aromatic rings. The number of aryl methyl sites for hydroxylation is 3. The maximum absolute atomic E-state index is 12.2. The summed E-state index contributed by atoms with van der Waals surface area (Å²) in [5, 5.41) is 3.63. The number of benzene rings is 2. The summed E-state index contributed by atoms with van der Waals surface area (Å²) in [7, 11) is 0. The molecule has 0 aromatic heterocycles. The first kappa shape index (κ1) is 17.4. The van der Waals surface area contributed by atoms with Crippen LogP contribution < -0.4 is 10.1 Å². The molecule has 0 radical (unpaired) electrons. The van der Waals surface area contributed by atoms with Crippen molar-refractivity contribution in [3.8, 4) is 5.75 Å². The molecular weight excluding hydrogens is 310 g/mol. The molecule has 0 aliphatic carbocycles. The fourth-order valence-electron chi connectivity index (χ4n) is 2.39. The highest BCUT2D eigenvalue weighted by atomic mass is 35.5. The summed E-state index contributed by atoms with van der Waals surface area (Å²) in [5.74, 6) is 0.513. The van der Waals surface area contributed by atoms with Crippen molar-refractivity contribution < 1.29 is 9.53 Å². The van der Waals surface area contributed by atoms with Crippen molar-refractivity contribution in [3.63, 3.8) is 0 Å². The van der Waals surface area contributed by atoms with Gasteiger partial charge < -0.3 is 10.1 Å². The van der Waals surface area contributed by atoms with E-state index in [1.165, 1.54) is 5.56 Å². The molecule has 1 atom stereocenters. The minimum atomic E-state index is -0.570. The first-order valence-corrected chi connectivity index (χ1v) is 8.01. The van der Waals surface area contributed by atoms with Gasteiger partial charge >= 0.3 is 0 Å². The van der Waals surface area contributed by atoms with E-state index in [-0.39, 0.29) is 5.91 Å². The lowest BCUT2D eigenvalue weighted by atomic mass is 10.1. The van der Waals surface area contributed by atoms with E-state index < -0.39 is 6.10 Å². The van der Waals surface area contributed by atoms with Crippen LogP contribution in [0.25, 0.3) is 0 Å². The number of hydrogen-bond donors (Lipinski definition) is 1. The van der Waals surface area contributed by atoms with Crippen LogP contribution in [0.15, 0.2) is 36.4 Å². The largest absolute Gasteiger partial charge is 0.481 e. The lowest BCUT2D eigenvalue weighted by Crippen LogP contribution is -2.35. The number of carbonyl (C=O) groups excluding carboxylic acids is 1. The third-order valence-corrected chi connectivity index (χ3v) is 4.24. The molecule has 2 rings (SSSR count). The van der Waals surface area contributed by atoms with Crippen LogP contribution in [0.5, 0.6) is 5.75 Å². The van der Waals surface area contributed by atoms with Gasteiger partial charge in [0.15, 0.2) is 6.10 Å². The Kier molecular flexibility index (Phi) is 5.67. The monoisotopic (exact) mass is 331 g/mol. The Balaban J connectivity index is 1.95. The van der Waals surface area contributed by atoms with Crippen LogP contribution in [0.2, 0.25) is 5.02 Å². The zero-order valence-electron chi connectivity index (χ0n) is 13.9. The summed E-state index contributed by atoms with van der Waals surface area (Å²) >= 11 is 6.14. The van der Waals surface area contributed by atoms with Gasteiger partial charge in [0.2, 0.25) is 0 Å². The van der Waals surface area contributed by atoms with Gasteiger partial charge in [0, 0.05) is 11.6 Å². The number of ether oxygens (including phenoxy) is 1. The molecule has 0 spiro atoms. The van der Waals surface area contributed by atoms with Crippen LogP contribution >= 0.6 is 11.6 Å². The maximum Gasteiger partial charge on any atom is 0.261 e. The van der Waals surface area contributed by atoms with Crippen molar-refractivity contribution in [2.75, 3.05) is 0 Å². The maximum atomic E-state index is 12.2. The minimum absolute atomic E-state index is 0.142. The van der Waals surface area contributed by atoms with Gasteiger partial charge in [0.1, 0.15) is 5.75 Å². The molecule has 0 aliphatic rings. The number of rotatable bonds is 5. The predicted octanol–water partition coefficient (Wildman–Crippen LogP) is 4.35. The van der Waals surface area contributed by atoms with Crippen molar-refractivity contribution in [2.45, 2.75) is 40.3 Å². The summed E-state index contributed by atoms with van der Waals surface area (Å²) in [5.41, 5.74) is 4.12. The van der Waals surface area contributed by atoms with Gasteiger partial charge in [-0.05, 0) is 56.5 Å². The summed E-state index contributed by atoms with van der Waals surface area (Å²) in [6, 6.07) is 11.8. The molecule has 0 fully saturated rings. The van der Waals surface area contributed by atoms with Crippen molar-refractivity contribution in [1.29, 1.82) is 0 Å². The number of amides is 1. The van der Waals surface area contributed by atoms with Crippen LogP contribution in [0.1, 0.15) is 29.2 Å². The Labute approximate surface area is 142 Å². The van der Waals surface area contributed by atoms with Crippen LogP contribution in [0.3, 0.4) is 0 Å². The predicted molar refractivity (Wildman–Crippen MR) is 94.0 cm³/mol. The number of carbonyl (C=O) groups is 1. The third kappa shape index (κ3) is 4.73. The fraction of sp³-hybridized carbons (Fsp3) is 0.316. The molecule has 3 nitrogen and oxygen atoms in total. The van der Waals surface area contributed by atoms with Gasteiger partial charge in [-0.1, -0.05) is 41.4 Å². The van der Waals surface area contributed by atoms with Gasteiger partial charge in [-0.2, -0.15) is 0 Å². The first-order valence-electron chi connectivity index (χ1n) is 7.63. The van der Waals surface area contributed by atoms with Crippen LogP contribution in [-0.4, -0.2) is 12.0 Å². The molecule has 1 amide bonds. The van der Waals surface area contributed by atoms with Crippen molar-refractivity contribution in [3.05, 3.63) is 63.7 Å². The second kappa shape index (κ2) is 7.51. The SMILES string of the molecule is Cc1cccc(CNC(=O)[C@@H](C)Oc2cc(C)c(Cl)c(C)c2)c1. The Hall–Kier alpha value is -2.00. The molecule has 4 heteroatoms. The van der Waals surface area contributed by atoms with E-state index in [9.17, 15) is 4.79 Å². The average Bonchev–Trinajstić information content (AvgIpc) is 2.50. The van der Waals surface area contributed by atoms with Gasteiger partial charge in [-0.15, -0.1) is 0 Å². The Bertz CT molecular complexity index is 689. The van der Waals surface area contributed by atoms with E-state index in [1.807, 2.05) is 51.1 Å². The van der Waals surface area contributed by atoms with E-state index >= 15 is 0 Å². The molecular formula is C19H22ClNO2. The lowest BCUT2D eigenvalue weighted by molar-refractivity contribution is -0.127. The smallest absolute Gasteiger partial charge is 0.261 e. The minimum Gasteiger partial charge on any atom is -0.481 e. The van der Waals surface area contributed by atoms with E-state index in [0.29, 0.717) is 12.3 Å². The van der Waals surface area contributed by atoms with E-state index in [1.54, 1.807) is 6.92 Å². The summed E-state index contributed by atoms with van der Waals surface area (Å²) < 4.78 is 5.73. The van der Waals surface area contributed by atoms with E-state index in [4.69, 9.17) is 16.3 Å². The molecule has 0 heterocycles. The summed E-state index contributed by atoms with van der Waals surface area (Å²) in [6.07, 6.45) is -0.570. The molecule has 122 valence electrons. The van der Waals surface area contributed by atoms with Crippen molar-refractivity contribution in [1.82, 2.24) is 5.32 Å². The zero-order chi connectivity index (χ0) is 17.0. The standard InChI is InChI=1S/C19H22ClNO2/c1-12-6-5-7-16(8-12)11-21-19(22)15(4)23-17-9-13(2)18(20)14(3)10-17/h5-10,15H,11H2,1-4H3,(H,21,22)/t15-/m1/s1. The second-order valence-electron chi connectivity index (χ2n) is 5.84. The normalized spacial score (nSPS) is 11.9. The third-order valence-electron chi connectivity index (χ3n) is 3.64. The number of halogens is 1. The molecule has 0 aliphatic heterocycles. The van der Waals surface area contributed by atoms with Gasteiger partial charge in [-0.25, -0.2) is 0 Å². The van der Waals surface area contributed by atoms with Gasteiger partial charge in [0.05, 0.1) is 0 Å². The molecule has 0 bridgehead atoms. The van der Waals surface area contributed by atoms with Crippen LogP contribution in [0, 0.1) is 20.8 Å². The summed E-state index contributed by atoms with van der Waals surface area (Å²) in [4.78, 5) is 12.2. The topological polar surface area (TPSA) is 38.3 Å². The Morgan fingerprint density at radius 3 is 2.43 bits per heavy atom. The molecule has 23 heavy (non-hydrogen) atoms. The molecule has 2 aromatic carbocycles. The molecule has 0 saturated heterocycles. The lowest BCUT2D eigenvalue weighted by Gasteiger charge is -2.16. The fourth-order valence-corrected chi connectivity index (χ4v) is 2.50. The van der Waals surface area contributed by atoms with Crippen molar-refractivity contribution >= 4 is 17.5 Å². The second-order valence-corrected chi connectivity index (χ2v) is 6.22.